The van der Waals surface area contributed by atoms with Crippen molar-refractivity contribution in [3.8, 4) is 17.2 Å². The molecular formula is C15H10O8. The van der Waals surface area contributed by atoms with Gasteiger partial charge in [-0.05, 0) is 30.3 Å². The number of hydrogen-bond donors (Lipinski definition) is 4. The van der Waals surface area contributed by atoms with Crippen LogP contribution in [-0.4, -0.2) is 38.3 Å². The second-order valence-electron chi connectivity index (χ2n) is 4.38. The van der Waals surface area contributed by atoms with Crippen molar-refractivity contribution in [2.75, 3.05) is 0 Å². The predicted octanol–water partition coefficient (Wildman–Crippen LogP) is 1.71. The van der Waals surface area contributed by atoms with Crippen LogP contribution in [0.1, 0.15) is 31.1 Å². The van der Waals surface area contributed by atoms with Gasteiger partial charge in [-0.25, -0.2) is 14.4 Å². The van der Waals surface area contributed by atoms with Crippen LogP contribution in [0.3, 0.4) is 0 Å². The molecule has 2 aromatic rings. The number of para-hydroxylation sites is 1. The van der Waals surface area contributed by atoms with Crippen molar-refractivity contribution >= 4 is 17.9 Å². The molecule has 0 heterocycles. The third-order valence-corrected chi connectivity index (χ3v) is 2.90. The molecule has 8 nitrogen and oxygen atoms in total. The molecule has 0 unspecified atom stereocenters. The van der Waals surface area contributed by atoms with Gasteiger partial charge in [0.05, 0.1) is 16.7 Å². The fourth-order valence-electron chi connectivity index (χ4n) is 1.78. The summed E-state index contributed by atoms with van der Waals surface area (Å²) in [6.07, 6.45) is 0. The lowest BCUT2D eigenvalue weighted by molar-refractivity contribution is 0.0661. The summed E-state index contributed by atoms with van der Waals surface area (Å²) in [6, 6.07) is 6.48. The molecule has 0 bridgehead atoms. The Labute approximate surface area is 128 Å². The average Bonchev–Trinajstić information content (AvgIpc) is 2.51. The van der Waals surface area contributed by atoms with E-state index < -0.39 is 46.3 Å². The highest BCUT2D eigenvalue weighted by Gasteiger charge is 2.22. The third-order valence-electron chi connectivity index (χ3n) is 2.90. The zero-order valence-corrected chi connectivity index (χ0v) is 11.4. The molecule has 118 valence electrons. The molecule has 0 aliphatic carbocycles. The number of ether oxygens (including phenoxy) is 1. The van der Waals surface area contributed by atoms with E-state index in [9.17, 15) is 24.6 Å². The van der Waals surface area contributed by atoms with Crippen molar-refractivity contribution < 1.29 is 39.5 Å². The van der Waals surface area contributed by atoms with Gasteiger partial charge in [-0.1, -0.05) is 6.07 Å². The summed E-state index contributed by atoms with van der Waals surface area (Å²) in [4.78, 5) is 34.2. The minimum absolute atomic E-state index is 0.304. The van der Waals surface area contributed by atoms with Crippen molar-refractivity contribution in [1.82, 2.24) is 0 Å². The summed E-state index contributed by atoms with van der Waals surface area (Å²) in [5.74, 6) is -5.62. The van der Waals surface area contributed by atoms with Crippen molar-refractivity contribution in [2.24, 2.45) is 0 Å². The Balaban J connectivity index is 2.45. The summed E-state index contributed by atoms with van der Waals surface area (Å²) in [6.45, 7) is 0. The van der Waals surface area contributed by atoms with Crippen LogP contribution in [0, 0.1) is 0 Å². The Morgan fingerprint density at radius 3 is 2.17 bits per heavy atom. The molecule has 0 spiro atoms. The first-order chi connectivity index (χ1) is 10.8. The SMILES string of the molecule is O=C(O)c1ccc(C(=O)O)c(C(=O)Oc2cccc(O)c2O)c1. The number of carbonyl (C=O) groups excluding carboxylic acids is 1. The molecule has 2 rings (SSSR count). The minimum Gasteiger partial charge on any atom is -0.504 e. The van der Waals surface area contributed by atoms with Gasteiger partial charge in [0.25, 0.3) is 0 Å². The van der Waals surface area contributed by atoms with Gasteiger partial charge in [-0.15, -0.1) is 0 Å². The standard InChI is InChI=1S/C15H10O8/c16-10-2-1-3-11(12(10)17)23-15(22)9-6-7(13(18)19)4-5-8(9)14(20)21/h1-6,16-17H,(H,18,19)(H,20,21). The highest BCUT2D eigenvalue weighted by molar-refractivity contribution is 6.05. The van der Waals surface area contributed by atoms with Gasteiger partial charge in [0, 0.05) is 0 Å². The van der Waals surface area contributed by atoms with Gasteiger partial charge in [0.1, 0.15) is 0 Å². The molecule has 0 atom stereocenters. The average molecular weight is 318 g/mol. The highest BCUT2D eigenvalue weighted by atomic mass is 16.5. The van der Waals surface area contributed by atoms with Crippen molar-refractivity contribution in [3.63, 3.8) is 0 Å². The van der Waals surface area contributed by atoms with Crippen LogP contribution in [0.5, 0.6) is 17.2 Å². The summed E-state index contributed by atoms with van der Waals surface area (Å²) in [5.41, 5.74) is -1.26. The smallest absolute Gasteiger partial charge is 0.344 e. The number of phenolic OH excluding ortho intramolecular Hbond substituents is 2. The number of aromatic carboxylic acids is 2. The molecular weight excluding hydrogens is 308 g/mol. The number of carboxylic acids is 2. The number of esters is 1. The molecule has 0 aromatic heterocycles. The summed E-state index contributed by atoms with van der Waals surface area (Å²) in [5, 5.41) is 36.9. The van der Waals surface area contributed by atoms with Gasteiger partial charge in [-0.2, -0.15) is 0 Å². The fraction of sp³-hybridized carbons (Fsp3) is 0. The predicted molar refractivity (Wildman–Crippen MR) is 75.1 cm³/mol. The van der Waals surface area contributed by atoms with Crippen LogP contribution in [0.2, 0.25) is 0 Å². The van der Waals surface area contributed by atoms with E-state index >= 15 is 0 Å². The second-order valence-corrected chi connectivity index (χ2v) is 4.38. The van der Waals surface area contributed by atoms with Crippen molar-refractivity contribution in [3.05, 3.63) is 53.1 Å². The maximum Gasteiger partial charge on any atom is 0.344 e. The maximum atomic E-state index is 12.1. The van der Waals surface area contributed by atoms with E-state index in [4.69, 9.17) is 14.9 Å². The van der Waals surface area contributed by atoms with Gasteiger partial charge in [0.2, 0.25) is 5.75 Å². The normalized spacial score (nSPS) is 10.1. The molecule has 0 radical (unpaired) electrons. The van der Waals surface area contributed by atoms with Gasteiger partial charge >= 0.3 is 17.9 Å². The minimum atomic E-state index is -1.45. The largest absolute Gasteiger partial charge is 0.504 e. The van der Waals surface area contributed by atoms with Crippen molar-refractivity contribution in [2.45, 2.75) is 0 Å². The molecule has 0 saturated carbocycles. The molecule has 0 aliphatic heterocycles. The van der Waals surface area contributed by atoms with Crippen LogP contribution in [-0.2, 0) is 0 Å². The molecule has 2 aromatic carbocycles. The first-order valence-electron chi connectivity index (χ1n) is 6.15. The number of hydrogen-bond acceptors (Lipinski definition) is 6. The number of carbonyl (C=O) groups is 3. The van der Waals surface area contributed by atoms with Crippen LogP contribution >= 0.6 is 0 Å². The Hall–Kier alpha value is -3.55. The number of benzene rings is 2. The lowest BCUT2D eigenvalue weighted by Crippen LogP contribution is -2.15. The molecule has 0 aliphatic rings. The molecule has 0 amide bonds. The van der Waals surface area contributed by atoms with Crippen LogP contribution in [0.25, 0.3) is 0 Å². The number of aromatic hydroxyl groups is 2. The van der Waals surface area contributed by atoms with E-state index in [0.717, 1.165) is 24.3 Å². The topological polar surface area (TPSA) is 141 Å². The lowest BCUT2D eigenvalue weighted by atomic mass is 10.0. The second kappa shape index (κ2) is 6.06. The van der Waals surface area contributed by atoms with Crippen LogP contribution in [0.4, 0.5) is 0 Å². The monoisotopic (exact) mass is 318 g/mol. The molecule has 0 saturated heterocycles. The first-order valence-corrected chi connectivity index (χ1v) is 6.15. The van der Waals surface area contributed by atoms with E-state index in [1.165, 1.54) is 12.1 Å². The van der Waals surface area contributed by atoms with Crippen molar-refractivity contribution in [1.29, 1.82) is 0 Å². The Kier molecular flexibility index (Phi) is 4.17. The summed E-state index contributed by atoms with van der Waals surface area (Å²) >= 11 is 0. The number of rotatable bonds is 4. The molecule has 0 fully saturated rings. The van der Waals surface area contributed by atoms with Gasteiger partial charge in [0.15, 0.2) is 11.5 Å². The lowest BCUT2D eigenvalue weighted by Gasteiger charge is -2.09. The fourth-order valence-corrected chi connectivity index (χ4v) is 1.78. The number of phenols is 2. The van der Waals surface area contributed by atoms with E-state index in [2.05, 4.69) is 0 Å². The Morgan fingerprint density at radius 2 is 1.57 bits per heavy atom. The highest BCUT2D eigenvalue weighted by Crippen LogP contribution is 2.35. The molecule has 4 N–H and O–H groups in total. The van der Waals surface area contributed by atoms with E-state index in [1.807, 2.05) is 0 Å². The summed E-state index contributed by atoms with van der Waals surface area (Å²) in [7, 11) is 0. The zero-order valence-electron chi connectivity index (χ0n) is 11.4. The summed E-state index contributed by atoms with van der Waals surface area (Å²) < 4.78 is 4.83. The molecule has 23 heavy (non-hydrogen) atoms. The Bertz CT molecular complexity index is 809. The first kappa shape index (κ1) is 15.8. The van der Waals surface area contributed by atoms with Crippen LogP contribution < -0.4 is 4.74 Å². The Morgan fingerprint density at radius 1 is 0.870 bits per heavy atom. The van der Waals surface area contributed by atoms with E-state index in [-0.39, 0.29) is 5.56 Å². The van der Waals surface area contributed by atoms with E-state index in [0.29, 0.717) is 0 Å². The quantitative estimate of drug-likeness (QED) is 0.379. The maximum absolute atomic E-state index is 12.1. The number of carboxylic acid groups (broad SMARTS) is 2. The van der Waals surface area contributed by atoms with E-state index in [1.54, 1.807) is 0 Å². The third kappa shape index (κ3) is 3.21. The van der Waals surface area contributed by atoms with Crippen LogP contribution in [0.15, 0.2) is 36.4 Å². The molecule has 8 heteroatoms. The van der Waals surface area contributed by atoms with Gasteiger partial charge < -0.3 is 25.2 Å². The zero-order chi connectivity index (χ0) is 17.1. The van der Waals surface area contributed by atoms with Gasteiger partial charge in [-0.3, -0.25) is 0 Å².